The van der Waals surface area contributed by atoms with E-state index in [0.29, 0.717) is 36.2 Å². The minimum absolute atomic E-state index is 0.0945. The van der Waals surface area contributed by atoms with E-state index in [1.54, 1.807) is 23.1 Å². The Bertz CT molecular complexity index is 456. The van der Waals surface area contributed by atoms with Crippen molar-refractivity contribution in [3.63, 3.8) is 0 Å². The maximum Gasteiger partial charge on any atom is 0.255 e. The molecule has 0 aromatic heterocycles. The molecule has 1 amide bonds. The van der Waals surface area contributed by atoms with E-state index in [2.05, 4.69) is 15.9 Å². The fourth-order valence-electron chi connectivity index (χ4n) is 1.87. The molecule has 1 aromatic rings. The van der Waals surface area contributed by atoms with E-state index in [1.807, 2.05) is 0 Å². The Morgan fingerprint density at radius 1 is 1.56 bits per heavy atom. The van der Waals surface area contributed by atoms with Crippen molar-refractivity contribution in [2.75, 3.05) is 25.6 Å². The molecule has 1 unspecified atom stereocenters. The maximum atomic E-state index is 12.4. The van der Waals surface area contributed by atoms with Gasteiger partial charge < -0.3 is 9.64 Å². The molecule has 1 fully saturated rings. The molecule has 18 heavy (non-hydrogen) atoms. The van der Waals surface area contributed by atoms with Crippen LogP contribution in [-0.2, 0) is 4.74 Å². The summed E-state index contributed by atoms with van der Waals surface area (Å²) in [6.07, 6.45) is 0. The van der Waals surface area contributed by atoms with Crippen LogP contribution in [-0.4, -0.2) is 42.5 Å². The number of rotatable bonds is 2. The molecule has 1 heterocycles. The van der Waals surface area contributed by atoms with Crippen LogP contribution in [0.3, 0.4) is 0 Å². The average molecular weight is 353 g/mol. The number of hydrogen-bond donors (Lipinski definition) is 0. The third kappa shape index (κ3) is 2.99. The summed E-state index contributed by atoms with van der Waals surface area (Å²) in [4.78, 5) is 14.2. The molecule has 1 saturated heterocycles. The monoisotopic (exact) mass is 351 g/mol. The molecule has 1 aromatic carbocycles. The minimum Gasteiger partial charge on any atom is -0.377 e. The van der Waals surface area contributed by atoms with Crippen LogP contribution in [0.4, 0.5) is 0 Å². The molecule has 1 aliphatic heterocycles. The summed E-state index contributed by atoms with van der Waals surface area (Å²) in [6, 6.07) is 5.14. The van der Waals surface area contributed by atoms with E-state index < -0.39 is 0 Å². The summed E-state index contributed by atoms with van der Waals surface area (Å²) in [5.41, 5.74) is 0.489. The lowest BCUT2D eigenvalue weighted by Crippen LogP contribution is -2.49. The smallest absolute Gasteiger partial charge is 0.255 e. The average Bonchev–Trinajstić information content (AvgIpc) is 2.40. The summed E-state index contributed by atoms with van der Waals surface area (Å²) in [5.74, 6) is 0.257. The Hall–Kier alpha value is -0.290. The van der Waals surface area contributed by atoms with Crippen LogP contribution in [0.25, 0.3) is 0 Å². The first-order valence-electron chi connectivity index (χ1n) is 5.53. The van der Waals surface area contributed by atoms with Crippen molar-refractivity contribution in [1.82, 2.24) is 4.90 Å². The predicted molar refractivity (Wildman–Crippen MR) is 75.5 cm³/mol. The van der Waals surface area contributed by atoms with Crippen LogP contribution in [0.5, 0.6) is 0 Å². The van der Waals surface area contributed by atoms with Crippen molar-refractivity contribution in [2.45, 2.75) is 6.04 Å². The highest BCUT2D eigenvalue weighted by atomic mass is 79.9. The fraction of sp³-hybridized carbons (Fsp3) is 0.417. The van der Waals surface area contributed by atoms with Gasteiger partial charge in [0.2, 0.25) is 0 Å². The van der Waals surface area contributed by atoms with Crippen LogP contribution in [0, 0.1) is 0 Å². The number of benzene rings is 1. The van der Waals surface area contributed by atoms with E-state index in [0.717, 1.165) is 4.47 Å². The molecule has 1 aliphatic rings. The fourth-order valence-corrected chi connectivity index (χ4v) is 2.68. The van der Waals surface area contributed by atoms with Crippen LogP contribution in [0.2, 0.25) is 5.02 Å². The second kappa shape index (κ2) is 6.24. The lowest BCUT2D eigenvalue weighted by Gasteiger charge is -2.34. The van der Waals surface area contributed by atoms with Gasteiger partial charge in [0.15, 0.2) is 0 Å². The molecule has 98 valence electrons. The van der Waals surface area contributed by atoms with Gasteiger partial charge >= 0.3 is 0 Å². The predicted octanol–water partition coefficient (Wildman–Crippen LogP) is 3.18. The molecule has 0 bridgehead atoms. The van der Waals surface area contributed by atoms with Crippen molar-refractivity contribution in [1.29, 1.82) is 0 Å². The zero-order valence-electron chi connectivity index (χ0n) is 9.54. The number of nitrogens with zero attached hydrogens (tertiary/aromatic N) is 1. The molecular formula is C12H12BrCl2NO2. The molecule has 6 heteroatoms. The molecule has 0 radical (unpaired) electrons. The molecule has 0 aliphatic carbocycles. The van der Waals surface area contributed by atoms with Crippen molar-refractivity contribution in [2.24, 2.45) is 0 Å². The molecule has 0 saturated carbocycles. The molecule has 3 nitrogen and oxygen atoms in total. The van der Waals surface area contributed by atoms with Gasteiger partial charge in [-0.15, -0.1) is 11.6 Å². The standard InChI is InChI=1S/C12H12BrCl2NO2/c13-8-1-2-11(15)10(5-8)12(17)16-3-4-18-7-9(16)6-14/h1-2,5,9H,3-4,6-7H2. The Kier molecular flexibility index (Phi) is 4.90. The Morgan fingerprint density at radius 3 is 3.06 bits per heavy atom. The van der Waals surface area contributed by atoms with Crippen molar-refractivity contribution in [3.8, 4) is 0 Å². The number of morpholine rings is 1. The topological polar surface area (TPSA) is 29.5 Å². The normalized spacial score (nSPS) is 19.9. The lowest BCUT2D eigenvalue weighted by molar-refractivity contribution is 0.00457. The van der Waals surface area contributed by atoms with Gasteiger partial charge in [-0.25, -0.2) is 0 Å². The van der Waals surface area contributed by atoms with Gasteiger partial charge in [0.25, 0.3) is 5.91 Å². The van der Waals surface area contributed by atoms with Crippen molar-refractivity contribution in [3.05, 3.63) is 33.3 Å². The second-order valence-electron chi connectivity index (χ2n) is 4.01. The summed E-state index contributed by atoms with van der Waals surface area (Å²) >= 11 is 15.3. The number of amides is 1. The third-order valence-electron chi connectivity index (χ3n) is 2.83. The summed E-state index contributed by atoms with van der Waals surface area (Å²) < 4.78 is 6.15. The van der Waals surface area contributed by atoms with Gasteiger partial charge in [0.05, 0.1) is 29.8 Å². The first-order chi connectivity index (χ1) is 8.63. The van der Waals surface area contributed by atoms with Crippen molar-refractivity contribution >= 4 is 45.0 Å². The van der Waals surface area contributed by atoms with E-state index in [-0.39, 0.29) is 11.9 Å². The number of ether oxygens (including phenoxy) is 1. The Balaban J connectivity index is 2.26. The molecule has 0 spiro atoms. The SMILES string of the molecule is O=C(c1cc(Br)ccc1Cl)N1CCOCC1CCl. The molecule has 2 rings (SSSR count). The first-order valence-corrected chi connectivity index (χ1v) is 7.23. The van der Waals surface area contributed by atoms with Crippen LogP contribution < -0.4 is 0 Å². The minimum atomic E-state index is -0.102. The number of hydrogen-bond acceptors (Lipinski definition) is 2. The third-order valence-corrected chi connectivity index (χ3v) is 4.00. The second-order valence-corrected chi connectivity index (χ2v) is 5.64. The summed E-state index contributed by atoms with van der Waals surface area (Å²) in [5, 5.41) is 0.447. The summed E-state index contributed by atoms with van der Waals surface area (Å²) in [6.45, 7) is 1.55. The number of alkyl halides is 1. The molecular weight excluding hydrogens is 341 g/mol. The highest BCUT2D eigenvalue weighted by Crippen LogP contribution is 2.24. The van der Waals surface area contributed by atoms with E-state index >= 15 is 0 Å². The van der Waals surface area contributed by atoms with E-state index in [9.17, 15) is 4.79 Å². The number of halogens is 3. The molecule has 0 N–H and O–H groups in total. The zero-order chi connectivity index (χ0) is 13.1. The van der Waals surface area contributed by atoms with Crippen molar-refractivity contribution < 1.29 is 9.53 Å². The number of carbonyl (C=O) groups excluding carboxylic acids is 1. The highest BCUT2D eigenvalue weighted by Gasteiger charge is 2.28. The van der Waals surface area contributed by atoms with Crippen LogP contribution >= 0.6 is 39.1 Å². The quantitative estimate of drug-likeness (QED) is 0.765. The first kappa shape index (κ1) is 14.1. The van der Waals surface area contributed by atoms with Crippen LogP contribution in [0.1, 0.15) is 10.4 Å². The maximum absolute atomic E-state index is 12.4. The van der Waals surface area contributed by atoms with Gasteiger partial charge in [-0.1, -0.05) is 27.5 Å². The zero-order valence-corrected chi connectivity index (χ0v) is 12.6. The Morgan fingerprint density at radius 2 is 2.33 bits per heavy atom. The number of carbonyl (C=O) groups is 1. The van der Waals surface area contributed by atoms with E-state index in [1.165, 1.54) is 0 Å². The highest BCUT2D eigenvalue weighted by molar-refractivity contribution is 9.10. The van der Waals surface area contributed by atoms with Gasteiger partial charge in [-0.3, -0.25) is 4.79 Å². The van der Waals surface area contributed by atoms with Gasteiger partial charge in [-0.2, -0.15) is 0 Å². The molecule has 1 atom stereocenters. The van der Waals surface area contributed by atoms with Gasteiger partial charge in [-0.05, 0) is 18.2 Å². The summed E-state index contributed by atoms with van der Waals surface area (Å²) in [7, 11) is 0. The lowest BCUT2D eigenvalue weighted by atomic mass is 10.1. The Labute approximate surface area is 124 Å². The van der Waals surface area contributed by atoms with Crippen LogP contribution in [0.15, 0.2) is 22.7 Å². The van der Waals surface area contributed by atoms with Gasteiger partial charge in [0, 0.05) is 16.9 Å². The largest absolute Gasteiger partial charge is 0.377 e. The van der Waals surface area contributed by atoms with Gasteiger partial charge in [0.1, 0.15) is 0 Å². The van der Waals surface area contributed by atoms with E-state index in [4.69, 9.17) is 27.9 Å².